The molecule has 0 bridgehead atoms. The maximum Gasteiger partial charge on any atom is 0.261 e. The van der Waals surface area contributed by atoms with E-state index in [1.165, 1.54) is 12.1 Å². The summed E-state index contributed by atoms with van der Waals surface area (Å²) >= 11 is 0. The molecule has 0 aliphatic rings. The number of rotatable bonds is 5. The normalized spacial score (nSPS) is 11.8. The van der Waals surface area contributed by atoms with Crippen molar-refractivity contribution in [3.63, 3.8) is 0 Å². The number of nitrogens with one attached hydrogen (secondary N) is 2. The summed E-state index contributed by atoms with van der Waals surface area (Å²) in [6, 6.07) is 11.5. The van der Waals surface area contributed by atoms with E-state index in [9.17, 15) is 8.42 Å². The molecule has 0 atom stereocenters. The molecule has 0 aliphatic carbocycles. The molecule has 6 nitrogen and oxygen atoms in total. The highest BCUT2D eigenvalue weighted by molar-refractivity contribution is 7.92. The molecule has 0 spiro atoms. The highest BCUT2D eigenvalue weighted by atomic mass is 32.2. The van der Waals surface area contributed by atoms with Gasteiger partial charge in [-0.2, -0.15) is 5.10 Å². The van der Waals surface area contributed by atoms with Crippen LogP contribution in [-0.4, -0.2) is 24.7 Å². The number of nitrogens with zero attached hydrogens (tertiary/aromatic N) is 1. The van der Waals surface area contributed by atoms with Crippen molar-refractivity contribution in [1.29, 1.82) is 0 Å². The Kier molecular flexibility index (Phi) is 3.96. The van der Waals surface area contributed by atoms with Crippen molar-refractivity contribution in [1.82, 2.24) is 10.2 Å². The number of aromatic nitrogens is 2. The number of fused-ring (bicyclic) bond motifs is 1. The molecule has 0 fully saturated rings. The van der Waals surface area contributed by atoms with Crippen LogP contribution < -0.4 is 9.46 Å². The third kappa shape index (κ3) is 3.45. The number of hydrogen-bond acceptors (Lipinski definition) is 4. The fraction of sp³-hybridized carbons (Fsp3) is 0.188. The predicted octanol–water partition coefficient (Wildman–Crippen LogP) is 3.15. The fourth-order valence-corrected chi connectivity index (χ4v) is 3.23. The predicted molar refractivity (Wildman–Crippen MR) is 89.1 cm³/mol. The average molecular weight is 331 g/mol. The summed E-state index contributed by atoms with van der Waals surface area (Å²) in [5, 5.41) is 7.64. The van der Waals surface area contributed by atoms with Crippen molar-refractivity contribution in [3.8, 4) is 5.75 Å². The molecule has 0 unspecified atom stereocenters. The summed E-state index contributed by atoms with van der Waals surface area (Å²) in [7, 11) is -3.65. The monoisotopic (exact) mass is 331 g/mol. The molecule has 120 valence electrons. The van der Waals surface area contributed by atoms with Gasteiger partial charge >= 0.3 is 0 Å². The van der Waals surface area contributed by atoms with Gasteiger partial charge < -0.3 is 4.74 Å². The summed E-state index contributed by atoms with van der Waals surface area (Å²) in [5.74, 6) is 0.637. The number of H-pyrrole nitrogens is 1. The Labute approximate surface area is 134 Å². The van der Waals surface area contributed by atoms with Crippen molar-refractivity contribution in [2.24, 2.45) is 0 Å². The van der Waals surface area contributed by atoms with E-state index in [0.717, 1.165) is 10.9 Å². The highest BCUT2D eigenvalue weighted by Gasteiger charge is 2.14. The zero-order valence-corrected chi connectivity index (χ0v) is 13.6. The van der Waals surface area contributed by atoms with Crippen molar-refractivity contribution in [2.45, 2.75) is 24.8 Å². The number of benzene rings is 2. The van der Waals surface area contributed by atoms with Crippen molar-refractivity contribution in [3.05, 3.63) is 48.7 Å². The molecule has 23 heavy (non-hydrogen) atoms. The van der Waals surface area contributed by atoms with Gasteiger partial charge in [-0.05, 0) is 56.3 Å². The Hall–Kier alpha value is -2.54. The van der Waals surface area contributed by atoms with E-state index in [-0.39, 0.29) is 11.0 Å². The summed E-state index contributed by atoms with van der Waals surface area (Å²) in [6.45, 7) is 3.83. The summed E-state index contributed by atoms with van der Waals surface area (Å²) < 4.78 is 32.9. The van der Waals surface area contributed by atoms with Crippen LogP contribution in [-0.2, 0) is 10.0 Å². The van der Waals surface area contributed by atoms with Crippen LogP contribution in [0.5, 0.6) is 5.75 Å². The molecule has 0 radical (unpaired) electrons. The minimum atomic E-state index is -3.65. The van der Waals surface area contributed by atoms with Gasteiger partial charge in [-0.1, -0.05) is 0 Å². The van der Waals surface area contributed by atoms with E-state index in [1.54, 1.807) is 36.5 Å². The minimum Gasteiger partial charge on any atom is -0.491 e. The molecule has 1 aromatic heterocycles. The quantitative estimate of drug-likeness (QED) is 0.752. The van der Waals surface area contributed by atoms with Gasteiger partial charge in [-0.3, -0.25) is 9.82 Å². The van der Waals surface area contributed by atoms with Crippen LogP contribution in [0.15, 0.2) is 53.6 Å². The van der Waals surface area contributed by atoms with E-state index in [4.69, 9.17) is 4.74 Å². The van der Waals surface area contributed by atoms with Gasteiger partial charge in [0, 0.05) is 5.39 Å². The lowest BCUT2D eigenvalue weighted by molar-refractivity contribution is 0.242. The molecule has 0 aliphatic heterocycles. The van der Waals surface area contributed by atoms with Crippen molar-refractivity contribution in [2.75, 3.05) is 4.72 Å². The first-order valence-corrected chi connectivity index (χ1v) is 8.65. The molecule has 2 N–H and O–H groups in total. The lowest BCUT2D eigenvalue weighted by atomic mass is 10.2. The number of anilines is 1. The third-order valence-corrected chi connectivity index (χ3v) is 4.60. The zero-order valence-electron chi connectivity index (χ0n) is 12.8. The van der Waals surface area contributed by atoms with E-state index in [1.807, 2.05) is 13.8 Å². The van der Waals surface area contributed by atoms with Gasteiger partial charge in [0.1, 0.15) is 5.75 Å². The number of sulfonamides is 1. The van der Waals surface area contributed by atoms with E-state index in [2.05, 4.69) is 14.9 Å². The molecule has 2 aromatic carbocycles. The molecular weight excluding hydrogens is 314 g/mol. The van der Waals surface area contributed by atoms with E-state index < -0.39 is 10.0 Å². The summed E-state index contributed by atoms with van der Waals surface area (Å²) in [5.41, 5.74) is 1.25. The Bertz CT molecular complexity index is 915. The lowest BCUT2D eigenvalue weighted by Gasteiger charge is -2.11. The topological polar surface area (TPSA) is 84.1 Å². The second kappa shape index (κ2) is 5.92. The standard InChI is InChI=1S/C16H17N3O3S/c1-11(2)22-14-5-7-15(8-6-14)23(20,21)19-13-4-3-12-10-17-18-16(12)9-13/h3-11,19H,1-2H3,(H,17,18). The highest BCUT2D eigenvalue weighted by Crippen LogP contribution is 2.22. The molecule has 7 heteroatoms. The number of ether oxygens (including phenoxy) is 1. The van der Waals surface area contributed by atoms with Crippen molar-refractivity contribution >= 4 is 26.6 Å². The van der Waals surface area contributed by atoms with Crippen LogP contribution >= 0.6 is 0 Å². The average Bonchev–Trinajstić information content (AvgIpc) is 2.94. The first-order valence-electron chi connectivity index (χ1n) is 7.17. The van der Waals surface area contributed by atoms with Gasteiger partial charge in [0.15, 0.2) is 0 Å². The second-order valence-corrected chi connectivity index (χ2v) is 7.10. The van der Waals surface area contributed by atoms with Crippen LogP contribution in [0.1, 0.15) is 13.8 Å². The van der Waals surface area contributed by atoms with Gasteiger partial charge in [0.25, 0.3) is 10.0 Å². The first kappa shape index (κ1) is 15.4. The molecule has 1 heterocycles. The van der Waals surface area contributed by atoms with Gasteiger partial charge in [0.2, 0.25) is 0 Å². The van der Waals surface area contributed by atoms with Crippen LogP contribution in [0.25, 0.3) is 10.9 Å². The van der Waals surface area contributed by atoms with Crippen LogP contribution in [0, 0.1) is 0 Å². The largest absolute Gasteiger partial charge is 0.491 e. The lowest BCUT2D eigenvalue weighted by Crippen LogP contribution is -2.13. The van der Waals surface area contributed by atoms with E-state index in [0.29, 0.717) is 11.4 Å². The maximum absolute atomic E-state index is 12.4. The zero-order chi connectivity index (χ0) is 16.4. The Balaban J connectivity index is 1.83. The van der Waals surface area contributed by atoms with Crippen molar-refractivity contribution < 1.29 is 13.2 Å². The summed E-state index contributed by atoms with van der Waals surface area (Å²) in [6.07, 6.45) is 1.72. The smallest absolute Gasteiger partial charge is 0.261 e. The van der Waals surface area contributed by atoms with Crippen LogP contribution in [0.4, 0.5) is 5.69 Å². The van der Waals surface area contributed by atoms with Gasteiger partial charge in [-0.15, -0.1) is 0 Å². The fourth-order valence-electron chi connectivity index (χ4n) is 2.18. The molecule has 3 rings (SSSR count). The minimum absolute atomic E-state index is 0.0386. The van der Waals surface area contributed by atoms with Gasteiger partial charge in [0.05, 0.1) is 28.4 Å². The number of aromatic amines is 1. The second-order valence-electron chi connectivity index (χ2n) is 5.42. The molecule has 0 amide bonds. The van der Waals surface area contributed by atoms with Crippen LogP contribution in [0.2, 0.25) is 0 Å². The third-order valence-electron chi connectivity index (χ3n) is 3.20. The molecular formula is C16H17N3O3S. The molecule has 3 aromatic rings. The number of hydrogen-bond donors (Lipinski definition) is 2. The first-order chi connectivity index (χ1) is 10.9. The molecule has 0 saturated heterocycles. The van der Waals surface area contributed by atoms with E-state index >= 15 is 0 Å². The Morgan fingerprint density at radius 3 is 2.57 bits per heavy atom. The Morgan fingerprint density at radius 2 is 1.87 bits per heavy atom. The Morgan fingerprint density at radius 1 is 1.13 bits per heavy atom. The van der Waals surface area contributed by atoms with Gasteiger partial charge in [-0.25, -0.2) is 8.42 Å². The molecule has 0 saturated carbocycles. The maximum atomic E-state index is 12.4. The van der Waals surface area contributed by atoms with Crippen LogP contribution in [0.3, 0.4) is 0 Å². The SMILES string of the molecule is CC(C)Oc1ccc(S(=O)(=O)Nc2ccc3cn[nH]c3c2)cc1. The summed E-state index contributed by atoms with van der Waals surface area (Å²) in [4.78, 5) is 0.179.